The largest absolute Gasteiger partial charge is 0.406 e. The summed E-state index contributed by atoms with van der Waals surface area (Å²) in [6, 6.07) is 4.93. The zero-order valence-electron chi connectivity index (χ0n) is 10.0. The van der Waals surface area contributed by atoms with Crippen molar-refractivity contribution in [3.05, 3.63) is 33.8 Å². The fourth-order valence-electron chi connectivity index (χ4n) is 1.51. The summed E-state index contributed by atoms with van der Waals surface area (Å²) < 4.78 is 37.5. The second kappa shape index (κ2) is 5.73. The molecular formula is C12H13BrF3NO. The normalized spacial score (nSPS) is 11.4. The van der Waals surface area contributed by atoms with Crippen LogP contribution in [0, 0.1) is 6.92 Å². The number of alkyl halides is 3. The van der Waals surface area contributed by atoms with Crippen molar-refractivity contribution in [1.29, 1.82) is 0 Å². The van der Waals surface area contributed by atoms with Crippen LogP contribution in [0.2, 0.25) is 0 Å². The van der Waals surface area contributed by atoms with E-state index in [0.717, 1.165) is 10.5 Å². The standard InChI is InChI=1S/C12H13BrF3NO/c1-3-17(7-12(14,15)16)11(18)9-5-4-8(2)6-10(9)13/h4-6H,3,7H2,1-2H3. The fourth-order valence-corrected chi connectivity index (χ4v) is 2.17. The van der Waals surface area contributed by atoms with E-state index in [-0.39, 0.29) is 12.1 Å². The van der Waals surface area contributed by atoms with Crippen LogP contribution in [0.3, 0.4) is 0 Å². The summed E-state index contributed by atoms with van der Waals surface area (Å²) in [6.45, 7) is 2.14. The minimum Gasteiger partial charge on any atom is -0.330 e. The van der Waals surface area contributed by atoms with E-state index < -0.39 is 18.6 Å². The molecule has 100 valence electrons. The first-order valence-corrected chi connectivity index (χ1v) is 6.16. The zero-order valence-corrected chi connectivity index (χ0v) is 11.6. The maximum absolute atomic E-state index is 12.3. The Balaban J connectivity index is 2.97. The monoisotopic (exact) mass is 323 g/mol. The van der Waals surface area contributed by atoms with Gasteiger partial charge >= 0.3 is 6.18 Å². The average molecular weight is 324 g/mol. The third kappa shape index (κ3) is 4.01. The molecule has 0 unspecified atom stereocenters. The first-order chi connectivity index (χ1) is 8.24. The highest BCUT2D eigenvalue weighted by molar-refractivity contribution is 9.10. The van der Waals surface area contributed by atoms with Gasteiger partial charge in [-0.3, -0.25) is 4.79 Å². The van der Waals surface area contributed by atoms with Gasteiger partial charge in [-0.25, -0.2) is 0 Å². The highest BCUT2D eigenvalue weighted by Crippen LogP contribution is 2.22. The van der Waals surface area contributed by atoms with Gasteiger partial charge in [0.1, 0.15) is 6.54 Å². The Hall–Kier alpha value is -1.04. The lowest BCUT2D eigenvalue weighted by Gasteiger charge is -2.22. The molecular weight excluding hydrogens is 311 g/mol. The Bertz CT molecular complexity index is 445. The molecule has 1 rings (SSSR count). The molecule has 0 fully saturated rings. The van der Waals surface area contributed by atoms with Crippen LogP contribution in [-0.2, 0) is 0 Å². The lowest BCUT2D eigenvalue weighted by Crippen LogP contribution is -2.38. The van der Waals surface area contributed by atoms with Gasteiger partial charge in [-0.2, -0.15) is 13.2 Å². The van der Waals surface area contributed by atoms with E-state index >= 15 is 0 Å². The Morgan fingerprint density at radius 2 is 2.00 bits per heavy atom. The number of aryl methyl sites for hydroxylation is 1. The number of hydrogen-bond acceptors (Lipinski definition) is 1. The molecule has 0 aliphatic heterocycles. The first kappa shape index (κ1) is 15.0. The van der Waals surface area contributed by atoms with E-state index in [4.69, 9.17) is 0 Å². The van der Waals surface area contributed by atoms with Gasteiger partial charge < -0.3 is 4.90 Å². The van der Waals surface area contributed by atoms with E-state index in [1.807, 2.05) is 6.92 Å². The molecule has 0 heterocycles. The molecule has 0 atom stereocenters. The average Bonchev–Trinajstić information content (AvgIpc) is 2.24. The van der Waals surface area contributed by atoms with Crippen LogP contribution in [0.1, 0.15) is 22.8 Å². The molecule has 0 N–H and O–H groups in total. The summed E-state index contributed by atoms with van der Waals surface area (Å²) in [5.74, 6) is -0.623. The minimum atomic E-state index is -4.39. The van der Waals surface area contributed by atoms with Gasteiger partial charge in [0.2, 0.25) is 0 Å². The summed E-state index contributed by atoms with van der Waals surface area (Å²) in [5, 5.41) is 0. The number of nitrogens with zero attached hydrogens (tertiary/aromatic N) is 1. The number of carbonyl (C=O) groups excluding carboxylic acids is 1. The molecule has 1 aromatic rings. The van der Waals surface area contributed by atoms with Crippen LogP contribution >= 0.6 is 15.9 Å². The second-order valence-corrected chi connectivity index (χ2v) is 4.77. The predicted molar refractivity (Wildman–Crippen MR) is 66.5 cm³/mol. The lowest BCUT2D eigenvalue weighted by atomic mass is 10.1. The van der Waals surface area contributed by atoms with Gasteiger partial charge in [0.05, 0.1) is 5.56 Å². The quantitative estimate of drug-likeness (QED) is 0.829. The maximum Gasteiger partial charge on any atom is 0.406 e. The molecule has 0 saturated carbocycles. The van der Waals surface area contributed by atoms with E-state index in [0.29, 0.717) is 4.47 Å². The van der Waals surface area contributed by atoms with Gasteiger partial charge in [-0.15, -0.1) is 0 Å². The van der Waals surface area contributed by atoms with Crippen molar-refractivity contribution in [2.75, 3.05) is 13.1 Å². The number of halogens is 4. The Kier molecular flexibility index (Phi) is 4.78. The van der Waals surface area contributed by atoms with Crippen LogP contribution in [0.25, 0.3) is 0 Å². The van der Waals surface area contributed by atoms with Crippen molar-refractivity contribution in [2.45, 2.75) is 20.0 Å². The molecule has 0 saturated heterocycles. The van der Waals surface area contributed by atoms with Crippen LogP contribution in [-0.4, -0.2) is 30.1 Å². The van der Waals surface area contributed by atoms with Crippen molar-refractivity contribution in [3.63, 3.8) is 0 Å². The smallest absolute Gasteiger partial charge is 0.330 e. The van der Waals surface area contributed by atoms with Crippen molar-refractivity contribution in [2.24, 2.45) is 0 Å². The van der Waals surface area contributed by atoms with Crippen LogP contribution in [0.15, 0.2) is 22.7 Å². The summed E-state index contributed by atoms with van der Waals surface area (Å²) in [4.78, 5) is 12.8. The summed E-state index contributed by atoms with van der Waals surface area (Å²) in [5.41, 5.74) is 1.17. The molecule has 0 aliphatic carbocycles. The number of hydrogen-bond donors (Lipinski definition) is 0. The number of rotatable bonds is 3. The topological polar surface area (TPSA) is 20.3 Å². The Labute approximate surface area is 112 Å². The van der Waals surface area contributed by atoms with Crippen LogP contribution < -0.4 is 0 Å². The minimum absolute atomic E-state index is 0.0126. The lowest BCUT2D eigenvalue weighted by molar-refractivity contribution is -0.140. The molecule has 0 spiro atoms. The van der Waals surface area contributed by atoms with Gasteiger partial charge in [-0.1, -0.05) is 6.07 Å². The van der Waals surface area contributed by atoms with Crippen molar-refractivity contribution < 1.29 is 18.0 Å². The van der Waals surface area contributed by atoms with Crippen molar-refractivity contribution in [3.8, 4) is 0 Å². The van der Waals surface area contributed by atoms with E-state index in [2.05, 4.69) is 15.9 Å². The predicted octanol–water partition coefficient (Wildman–Crippen LogP) is 3.78. The van der Waals surface area contributed by atoms with Gasteiger partial charge in [0.25, 0.3) is 5.91 Å². The molecule has 1 aromatic carbocycles. The highest BCUT2D eigenvalue weighted by Gasteiger charge is 2.33. The fraction of sp³-hybridized carbons (Fsp3) is 0.417. The van der Waals surface area contributed by atoms with Crippen molar-refractivity contribution >= 4 is 21.8 Å². The Morgan fingerprint density at radius 1 is 1.39 bits per heavy atom. The number of benzene rings is 1. The number of carbonyl (C=O) groups is 1. The molecule has 6 heteroatoms. The van der Waals surface area contributed by atoms with E-state index in [1.165, 1.54) is 13.0 Å². The SMILES string of the molecule is CCN(CC(F)(F)F)C(=O)c1ccc(C)cc1Br. The van der Waals surface area contributed by atoms with E-state index in [9.17, 15) is 18.0 Å². The molecule has 1 amide bonds. The third-order valence-electron chi connectivity index (χ3n) is 2.39. The number of amides is 1. The third-order valence-corrected chi connectivity index (χ3v) is 3.05. The van der Waals surface area contributed by atoms with Gasteiger partial charge in [0.15, 0.2) is 0 Å². The highest BCUT2D eigenvalue weighted by atomic mass is 79.9. The Morgan fingerprint density at radius 3 is 2.44 bits per heavy atom. The molecule has 0 bridgehead atoms. The second-order valence-electron chi connectivity index (χ2n) is 3.92. The van der Waals surface area contributed by atoms with Gasteiger partial charge in [-0.05, 0) is 47.5 Å². The summed E-state index contributed by atoms with van der Waals surface area (Å²) >= 11 is 3.20. The molecule has 2 nitrogen and oxygen atoms in total. The summed E-state index contributed by atoms with van der Waals surface area (Å²) in [7, 11) is 0. The zero-order chi connectivity index (χ0) is 13.9. The molecule has 0 radical (unpaired) electrons. The molecule has 0 aromatic heterocycles. The summed E-state index contributed by atoms with van der Waals surface area (Å²) in [6.07, 6.45) is -4.39. The molecule has 18 heavy (non-hydrogen) atoms. The molecule has 0 aliphatic rings. The van der Waals surface area contributed by atoms with Gasteiger partial charge in [0, 0.05) is 11.0 Å². The maximum atomic E-state index is 12.3. The van der Waals surface area contributed by atoms with E-state index in [1.54, 1.807) is 12.1 Å². The first-order valence-electron chi connectivity index (χ1n) is 5.36. The van der Waals surface area contributed by atoms with Crippen molar-refractivity contribution in [1.82, 2.24) is 4.90 Å². The van der Waals surface area contributed by atoms with Crippen LogP contribution in [0.4, 0.5) is 13.2 Å². The van der Waals surface area contributed by atoms with Crippen LogP contribution in [0.5, 0.6) is 0 Å².